The van der Waals surface area contributed by atoms with E-state index in [4.69, 9.17) is 33.4 Å². The molecule has 9 heteroatoms. The quantitative estimate of drug-likeness (QED) is 0.650. The Labute approximate surface area is 134 Å². The standard InChI is InChI=1S/C12H11Cl2NO5S/c13-6-1-2-7(14)9(3-6)21-5-10(16)15-8(12(19)20)4-11(17)18/h1-3,8H,4-5H2,(H,15,16)(H,17,18)(H,19,20)/t8-/m1/s1. The summed E-state index contributed by atoms with van der Waals surface area (Å²) < 4.78 is 0. The van der Waals surface area contributed by atoms with Crippen LogP contribution in [0.15, 0.2) is 23.1 Å². The minimum Gasteiger partial charge on any atom is -0.481 e. The number of thioether (sulfide) groups is 1. The van der Waals surface area contributed by atoms with Gasteiger partial charge in [-0.3, -0.25) is 9.59 Å². The van der Waals surface area contributed by atoms with E-state index in [1.165, 1.54) is 0 Å². The van der Waals surface area contributed by atoms with Crippen LogP contribution in [0.5, 0.6) is 0 Å². The van der Waals surface area contributed by atoms with Crippen LogP contribution in [0.1, 0.15) is 6.42 Å². The average Bonchev–Trinajstić information content (AvgIpc) is 2.38. The van der Waals surface area contributed by atoms with Crippen molar-refractivity contribution in [1.29, 1.82) is 0 Å². The monoisotopic (exact) mass is 351 g/mol. The predicted molar refractivity (Wildman–Crippen MR) is 79.0 cm³/mol. The Balaban J connectivity index is 2.58. The van der Waals surface area contributed by atoms with Crippen LogP contribution in [-0.2, 0) is 14.4 Å². The molecule has 0 aromatic heterocycles. The molecule has 1 aromatic rings. The molecule has 1 rings (SSSR count). The van der Waals surface area contributed by atoms with E-state index in [0.29, 0.717) is 14.9 Å². The maximum absolute atomic E-state index is 11.6. The van der Waals surface area contributed by atoms with Crippen molar-refractivity contribution in [1.82, 2.24) is 5.32 Å². The second kappa shape index (κ2) is 8.11. The van der Waals surface area contributed by atoms with Crippen molar-refractivity contribution < 1.29 is 24.6 Å². The number of hydrogen-bond acceptors (Lipinski definition) is 4. The molecule has 0 bridgehead atoms. The van der Waals surface area contributed by atoms with E-state index in [1.54, 1.807) is 18.2 Å². The van der Waals surface area contributed by atoms with E-state index in [2.05, 4.69) is 5.32 Å². The zero-order valence-corrected chi connectivity index (χ0v) is 12.8. The number of carboxylic acid groups (broad SMARTS) is 2. The van der Waals surface area contributed by atoms with Gasteiger partial charge in [-0.25, -0.2) is 4.79 Å². The van der Waals surface area contributed by atoms with Gasteiger partial charge in [0.1, 0.15) is 6.04 Å². The zero-order valence-electron chi connectivity index (χ0n) is 10.5. The van der Waals surface area contributed by atoms with Gasteiger partial charge in [-0.15, -0.1) is 11.8 Å². The van der Waals surface area contributed by atoms with Gasteiger partial charge in [0.15, 0.2) is 0 Å². The Morgan fingerprint density at radius 2 is 1.90 bits per heavy atom. The van der Waals surface area contributed by atoms with Crippen molar-refractivity contribution in [3.8, 4) is 0 Å². The lowest BCUT2D eigenvalue weighted by Gasteiger charge is -2.12. The highest BCUT2D eigenvalue weighted by atomic mass is 35.5. The highest BCUT2D eigenvalue weighted by molar-refractivity contribution is 8.00. The second-order valence-corrected chi connectivity index (χ2v) is 5.78. The van der Waals surface area contributed by atoms with E-state index in [0.717, 1.165) is 11.8 Å². The molecule has 0 spiro atoms. The van der Waals surface area contributed by atoms with Crippen LogP contribution >= 0.6 is 35.0 Å². The summed E-state index contributed by atoms with van der Waals surface area (Å²) in [4.78, 5) is 33.5. The van der Waals surface area contributed by atoms with Crippen molar-refractivity contribution in [3.05, 3.63) is 28.2 Å². The third-order valence-electron chi connectivity index (χ3n) is 2.26. The van der Waals surface area contributed by atoms with Gasteiger partial charge in [0.05, 0.1) is 17.2 Å². The van der Waals surface area contributed by atoms with Crippen LogP contribution in [-0.4, -0.2) is 39.9 Å². The van der Waals surface area contributed by atoms with E-state index in [-0.39, 0.29) is 5.75 Å². The summed E-state index contributed by atoms with van der Waals surface area (Å²) in [6.45, 7) is 0. The van der Waals surface area contributed by atoms with Gasteiger partial charge in [-0.1, -0.05) is 23.2 Å². The lowest BCUT2D eigenvalue weighted by molar-refractivity contribution is -0.147. The topological polar surface area (TPSA) is 104 Å². The van der Waals surface area contributed by atoms with Crippen LogP contribution in [0, 0.1) is 0 Å². The third kappa shape index (κ3) is 6.24. The molecule has 1 amide bonds. The van der Waals surface area contributed by atoms with Crippen LogP contribution in [0.25, 0.3) is 0 Å². The van der Waals surface area contributed by atoms with Crippen molar-refractivity contribution >= 4 is 52.8 Å². The number of carbonyl (C=O) groups excluding carboxylic acids is 1. The summed E-state index contributed by atoms with van der Waals surface area (Å²) in [5, 5.41) is 20.4. The first kappa shape index (κ1) is 17.6. The Kier molecular flexibility index (Phi) is 6.80. The van der Waals surface area contributed by atoms with Crippen molar-refractivity contribution in [2.24, 2.45) is 0 Å². The number of hydrogen-bond donors (Lipinski definition) is 3. The molecular weight excluding hydrogens is 341 g/mol. The number of benzene rings is 1. The molecule has 21 heavy (non-hydrogen) atoms. The highest BCUT2D eigenvalue weighted by Gasteiger charge is 2.23. The molecule has 3 N–H and O–H groups in total. The molecule has 0 unspecified atom stereocenters. The maximum Gasteiger partial charge on any atom is 0.326 e. The molecule has 114 valence electrons. The number of amides is 1. The molecule has 0 aliphatic rings. The van der Waals surface area contributed by atoms with Gasteiger partial charge in [0.25, 0.3) is 0 Å². The lowest BCUT2D eigenvalue weighted by Crippen LogP contribution is -2.43. The molecule has 0 saturated carbocycles. The van der Waals surface area contributed by atoms with Gasteiger partial charge < -0.3 is 15.5 Å². The Morgan fingerprint density at radius 1 is 1.24 bits per heavy atom. The summed E-state index contributed by atoms with van der Waals surface area (Å²) in [6, 6.07) is 3.29. The summed E-state index contributed by atoms with van der Waals surface area (Å²) in [5.74, 6) is -3.43. The number of rotatable bonds is 7. The molecule has 0 radical (unpaired) electrons. The minimum atomic E-state index is -1.47. The second-order valence-electron chi connectivity index (χ2n) is 3.92. The Hall–Kier alpha value is -1.44. The lowest BCUT2D eigenvalue weighted by atomic mass is 10.2. The molecule has 0 heterocycles. The fraction of sp³-hybridized carbons (Fsp3) is 0.250. The first-order valence-electron chi connectivity index (χ1n) is 5.61. The Morgan fingerprint density at radius 3 is 2.48 bits per heavy atom. The highest BCUT2D eigenvalue weighted by Crippen LogP contribution is 2.29. The minimum absolute atomic E-state index is 0.108. The first-order valence-corrected chi connectivity index (χ1v) is 7.35. The number of carboxylic acids is 2. The molecule has 0 saturated heterocycles. The predicted octanol–water partition coefficient (Wildman–Crippen LogP) is 2.13. The van der Waals surface area contributed by atoms with Crippen LogP contribution < -0.4 is 5.32 Å². The number of carbonyl (C=O) groups is 3. The molecule has 0 aliphatic heterocycles. The fourth-order valence-corrected chi connectivity index (χ4v) is 2.65. The van der Waals surface area contributed by atoms with E-state index in [1.807, 2.05) is 0 Å². The summed E-state index contributed by atoms with van der Waals surface area (Å²) in [6.07, 6.45) is -0.691. The molecule has 0 aliphatic carbocycles. The van der Waals surface area contributed by atoms with Crippen molar-refractivity contribution in [2.75, 3.05) is 5.75 Å². The SMILES string of the molecule is O=C(O)C[C@@H](NC(=O)CSc1cc(Cl)ccc1Cl)C(=O)O. The van der Waals surface area contributed by atoms with Gasteiger partial charge in [0.2, 0.25) is 5.91 Å². The smallest absolute Gasteiger partial charge is 0.326 e. The van der Waals surface area contributed by atoms with E-state index < -0.39 is 30.3 Å². The van der Waals surface area contributed by atoms with Gasteiger partial charge >= 0.3 is 11.9 Å². The third-order valence-corrected chi connectivity index (χ3v) is 4.00. The Bertz CT molecular complexity index is 567. The number of halogens is 2. The summed E-state index contributed by atoms with van der Waals surface area (Å²) >= 11 is 12.8. The van der Waals surface area contributed by atoms with Crippen molar-refractivity contribution in [2.45, 2.75) is 17.4 Å². The largest absolute Gasteiger partial charge is 0.481 e. The molecule has 0 fully saturated rings. The van der Waals surface area contributed by atoms with E-state index >= 15 is 0 Å². The zero-order chi connectivity index (χ0) is 16.0. The number of aliphatic carboxylic acids is 2. The summed E-state index contributed by atoms with van der Waals surface area (Å²) in [7, 11) is 0. The molecule has 6 nitrogen and oxygen atoms in total. The first-order chi connectivity index (χ1) is 9.79. The van der Waals surface area contributed by atoms with Gasteiger partial charge in [-0.05, 0) is 18.2 Å². The molecule has 1 atom stereocenters. The van der Waals surface area contributed by atoms with Crippen LogP contribution in [0.2, 0.25) is 10.0 Å². The van der Waals surface area contributed by atoms with E-state index in [9.17, 15) is 14.4 Å². The maximum atomic E-state index is 11.6. The normalized spacial score (nSPS) is 11.7. The molecular formula is C12H11Cl2NO5S. The number of nitrogens with one attached hydrogen (secondary N) is 1. The fourth-order valence-electron chi connectivity index (χ4n) is 1.34. The van der Waals surface area contributed by atoms with Gasteiger partial charge in [-0.2, -0.15) is 0 Å². The van der Waals surface area contributed by atoms with Crippen LogP contribution in [0.3, 0.4) is 0 Å². The average molecular weight is 352 g/mol. The van der Waals surface area contributed by atoms with Crippen LogP contribution in [0.4, 0.5) is 0 Å². The summed E-state index contributed by atoms with van der Waals surface area (Å²) in [5.41, 5.74) is 0. The van der Waals surface area contributed by atoms with Gasteiger partial charge in [0, 0.05) is 9.92 Å². The van der Waals surface area contributed by atoms with Crippen molar-refractivity contribution in [3.63, 3.8) is 0 Å². The molecule has 1 aromatic carbocycles.